The minimum Gasteiger partial charge on any atom is -0.392 e. The molecular formula is C6H6F4O5S. The molecule has 0 spiro atoms. The maximum atomic E-state index is 12.5. The second-order valence-corrected chi connectivity index (χ2v) is 4.14. The summed E-state index contributed by atoms with van der Waals surface area (Å²) >= 11 is 0. The number of carbonyl (C=O) groups is 1. The van der Waals surface area contributed by atoms with Crippen LogP contribution >= 0.6 is 0 Å². The third-order valence-corrected chi connectivity index (χ3v) is 2.12. The molecule has 0 saturated carbocycles. The number of hydrogen-bond acceptors (Lipinski definition) is 4. The van der Waals surface area contributed by atoms with Crippen molar-refractivity contribution in [1.82, 2.24) is 0 Å². The molecule has 10 heteroatoms. The van der Waals surface area contributed by atoms with Gasteiger partial charge in [-0.25, -0.2) is 4.79 Å². The van der Waals surface area contributed by atoms with Gasteiger partial charge in [0.25, 0.3) is 0 Å². The molecule has 0 aromatic rings. The van der Waals surface area contributed by atoms with Gasteiger partial charge in [0.2, 0.25) is 0 Å². The van der Waals surface area contributed by atoms with E-state index in [1.807, 2.05) is 0 Å². The van der Waals surface area contributed by atoms with Crippen molar-refractivity contribution in [3.05, 3.63) is 12.2 Å². The lowest BCUT2D eigenvalue weighted by atomic mass is 10.4. The number of alkyl halides is 4. The molecule has 1 N–H and O–H groups in total. The van der Waals surface area contributed by atoms with E-state index in [1.54, 1.807) is 0 Å². The first-order valence-electron chi connectivity index (χ1n) is 3.44. The highest BCUT2D eigenvalue weighted by Gasteiger charge is 2.69. The summed E-state index contributed by atoms with van der Waals surface area (Å²) in [5.41, 5.74) is -0.647. The van der Waals surface area contributed by atoms with E-state index in [0.29, 0.717) is 0 Å². The van der Waals surface area contributed by atoms with E-state index in [9.17, 15) is 30.8 Å². The van der Waals surface area contributed by atoms with Crippen molar-refractivity contribution in [3.8, 4) is 0 Å². The Balaban J connectivity index is 5.22. The standard InChI is InChI=1S/C6H6F4O5S/c1-3(2)4(11)15-5(7,8)6(9,10)16(12,13)14/h1H2,2H3,(H,12,13,14). The first-order chi connectivity index (χ1) is 6.83. The highest BCUT2D eigenvalue weighted by atomic mass is 32.2. The van der Waals surface area contributed by atoms with E-state index in [2.05, 4.69) is 11.3 Å². The van der Waals surface area contributed by atoms with Gasteiger partial charge in [-0.15, -0.1) is 0 Å². The predicted molar refractivity (Wildman–Crippen MR) is 42.3 cm³/mol. The first kappa shape index (κ1) is 14.8. The van der Waals surface area contributed by atoms with Crippen LogP contribution in [0, 0.1) is 0 Å². The van der Waals surface area contributed by atoms with E-state index in [0.717, 1.165) is 6.92 Å². The summed E-state index contributed by atoms with van der Waals surface area (Å²) in [6, 6.07) is 0. The first-order valence-corrected chi connectivity index (χ1v) is 4.88. The second-order valence-electron chi connectivity index (χ2n) is 2.68. The van der Waals surface area contributed by atoms with Crippen LogP contribution in [-0.4, -0.2) is 30.3 Å². The van der Waals surface area contributed by atoms with Gasteiger partial charge in [0, 0.05) is 5.57 Å². The van der Waals surface area contributed by atoms with Crippen LogP contribution in [-0.2, 0) is 19.6 Å². The van der Waals surface area contributed by atoms with E-state index in [4.69, 9.17) is 4.55 Å². The molecule has 0 rings (SSSR count). The molecule has 5 nitrogen and oxygen atoms in total. The number of rotatable bonds is 4. The lowest BCUT2D eigenvalue weighted by Crippen LogP contribution is -2.49. The van der Waals surface area contributed by atoms with E-state index in [-0.39, 0.29) is 0 Å². The van der Waals surface area contributed by atoms with Gasteiger partial charge in [0.15, 0.2) is 0 Å². The minimum atomic E-state index is -6.42. The Bertz CT molecular complexity index is 413. The fraction of sp³-hybridized carbons (Fsp3) is 0.500. The Morgan fingerprint density at radius 3 is 1.94 bits per heavy atom. The maximum Gasteiger partial charge on any atom is 0.485 e. The summed E-state index contributed by atoms with van der Waals surface area (Å²) < 4.78 is 80.7. The molecule has 0 fully saturated rings. The highest BCUT2D eigenvalue weighted by molar-refractivity contribution is 7.86. The number of ether oxygens (including phenoxy) is 1. The Labute approximate surface area is 87.4 Å². The predicted octanol–water partition coefficient (Wildman–Crippen LogP) is 1.18. The van der Waals surface area contributed by atoms with Crippen molar-refractivity contribution in [3.63, 3.8) is 0 Å². The van der Waals surface area contributed by atoms with Crippen LogP contribution < -0.4 is 0 Å². The van der Waals surface area contributed by atoms with Gasteiger partial charge >= 0.3 is 27.5 Å². The lowest BCUT2D eigenvalue weighted by molar-refractivity contribution is -0.300. The van der Waals surface area contributed by atoms with Crippen LogP contribution in [0.1, 0.15) is 6.92 Å². The zero-order chi connectivity index (χ0) is 13.4. The SMILES string of the molecule is C=C(C)C(=O)OC(F)(F)C(F)(F)S(=O)(=O)O. The van der Waals surface area contributed by atoms with Crippen LogP contribution in [0.3, 0.4) is 0 Å². The van der Waals surface area contributed by atoms with Crippen LogP contribution in [0.2, 0.25) is 0 Å². The monoisotopic (exact) mass is 266 g/mol. The molecule has 0 heterocycles. The zero-order valence-electron chi connectivity index (χ0n) is 7.71. The average Bonchev–Trinajstić information content (AvgIpc) is 2.00. The molecule has 0 aromatic carbocycles. The molecular weight excluding hydrogens is 260 g/mol. The van der Waals surface area contributed by atoms with Crippen molar-refractivity contribution >= 4 is 16.1 Å². The molecule has 0 radical (unpaired) electrons. The molecule has 0 aliphatic carbocycles. The minimum absolute atomic E-state index is 0.647. The highest BCUT2D eigenvalue weighted by Crippen LogP contribution is 2.39. The van der Waals surface area contributed by atoms with Gasteiger partial charge < -0.3 is 4.74 Å². The smallest absolute Gasteiger partial charge is 0.392 e. The Morgan fingerprint density at radius 1 is 1.31 bits per heavy atom. The van der Waals surface area contributed by atoms with Gasteiger partial charge in [-0.1, -0.05) is 6.58 Å². The Hall–Kier alpha value is -1.16. The third-order valence-electron chi connectivity index (χ3n) is 1.23. The normalized spacial score (nSPS) is 13.4. The second kappa shape index (κ2) is 4.01. The summed E-state index contributed by atoms with van der Waals surface area (Å²) in [7, 11) is -6.42. The average molecular weight is 266 g/mol. The van der Waals surface area contributed by atoms with Crippen molar-refractivity contribution in [2.75, 3.05) is 0 Å². The van der Waals surface area contributed by atoms with E-state index in [1.165, 1.54) is 0 Å². The summed E-state index contributed by atoms with van der Waals surface area (Å²) in [6.45, 7) is 3.70. The van der Waals surface area contributed by atoms with Gasteiger partial charge in [0.05, 0.1) is 0 Å². The molecule has 0 atom stereocenters. The summed E-state index contributed by atoms with van der Waals surface area (Å²) in [4.78, 5) is 10.5. The summed E-state index contributed by atoms with van der Waals surface area (Å²) in [6.07, 6.45) is -5.70. The fourth-order valence-electron chi connectivity index (χ4n) is 0.413. The van der Waals surface area contributed by atoms with Crippen molar-refractivity contribution in [2.24, 2.45) is 0 Å². The molecule has 0 aromatic heterocycles. The molecule has 0 bridgehead atoms. The van der Waals surface area contributed by atoms with Crippen LogP contribution in [0.15, 0.2) is 12.2 Å². The van der Waals surface area contributed by atoms with Crippen LogP contribution in [0.4, 0.5) is 17.6 Å². The van der Waals surface area contributed by atoms with Gasteiger partial charge in [0.1, 0.15) is 0 Å². The maximum absolute atomic E-state index is 12.5. The topological polar surface area (TPSA) is 80.7 Å². The molecule has 16 heavy (non-hydrogen) atoms. The molecule has 94 valence electrons. The molecule has 0 saturated heterocycles. The van der Waals surface area contributed by atoms with Crippen LogP contribution in [0.5, 0.6) is 0 Å². The van der Waals surface area contributed by atoms with Crippen molar-refractivity contribution in [2.45, 2.75) is 18.3 Å². The molecule has 0 unspecified atom stereocenters. The third kappa shape index (κ3) is 2.70. The Morgan fingerprint density at radius 2 is 1.69 bits per heavy atom. The fourth-order valence-corrected chi connectivity index (χ4v) is 0.755. The van der Waals surface area contributed by atoms with E-state index < -0.39 is 33.0 Å². The van der Waals surface area contributed by atoms with Crippen LogP contribution in [0.25, 0.3) is 0 Å². The lowest BCUT2D eigenvalue weighted by Gasteiger charge is -2.22. The molecule has 0 aliphatic rings. The number of hydrogen-bond donors (Lipinski definition) is 1. The quantitative estimate of drug-likeness (QED) is 0.357. The van der Waals surface area contributed by atoms with E-state index >= 15 is 0 Å². The number of carbonyl (C=O) groups excluding carboxylic acids is 1. The Kier molecular flexibility index (Phi) is 3.72. The summed E-state index contributed by atoms with van der Waals surface area (Å²) in [5.74, 6) is -1.92. The number of halogens is 4. The molecule has 0 amide bonds. The summed E-state index contributed by atoms with van der Waals surface area (Å²) in [5, 5.41) is -5.94. The largest absolute Gasteiger partial charge is 0.485 e. The van der Waals surface area contributed by atoms with Gasteiger partial charge in [-0.2, -0.15) is 26.0 Å². The van der Waals surface area contributed by atoms with Gasteiger partial charge in [-0.3, -0.25) is 4.55 Å². The number of esters is 1. The molecule has 0 aliphatic heterocycles. The van der Waals surface area contributed by atoms with Crippen molar-refractivity contribution in [1.29, 1.82) is 0 Å². The van der Waals surface area contributed by atoms with Gasteiger partial charge in [-0.05, 0) is 6.92 Å². The zero-order valence-corrected chi connectivity index (χ0v) is 8.52. The van der Waals surface area contributed by atoms with Crippen molar-refractivity contribution < 1.29 is 40.1 Å².